The molecule has 0 bridgehead atoms. The van der Waals surface area contributed by atoms with Gasteiger partial charge in [0.25, 0.3) is 11.1 Å². The lowest BCUT2D eigenvalue weighted by atomic mass is 10.1. The van der Waals surface area contributed by atoms with Gasteiger partial charge >= 0.3 is 11.9 Å². The Kier molecular flexibility index (Phi) is 6.16. The minimum Gasteiger partial charge on any atom is -0.450 e. The van der Waals surface area contributed by atoms with Crippen LogP contribution >= 0.6 is 11.8 Å². The zero-order valence-corrected chi connectivity index (χ0v) is 16.4. The summed E-state index contributed by atoms with van der Waals surface area (Å²) in [5.74, 6) is -0.660. The minimum absolute atomic E-state index is 0.0979. The van der Waals surface area contributed by atoms with Crippen molar-refractivity contribution in [3.8, 4) is 11.5 Å². The first-order valence-corrected chi connectivity index (χ1v) is 9.41. The Labute approximate surface area is 177 Å². The van der Waals surface area contributed by atoms with Gasteiger partial charge in [-0.25, -0.2) is 0 Å². The quantitative estimate of drug-likeness (QED) is 0.245. The molecule has 0 aromatic heterocycles. The second kappa shape index (κ2) is 8.64. The molecule has 0 spiro atoms. The zero-order chi connectivity index (χ0) is 22.8. The third-order valence-electron chi connectivity index (χ3n) is 4.07. The van der Waals surface area contributed by atoms with Crippen molar-refractivity contribution in [3.05, 3.63) is 81.3 Å². The zero-order valence-electron chi connectivity index (χ0n) is 15.6. The Morgan fingerprint density at radius 1 is 1.16 bits per heavy atom. The summed E-state index contributed by atoms with van der Waals surface area (Å²) in [5, 5.41) is 10.7. The fourth-order valence-corrected chi connectivity index (χ4v) is 3.47. The van der Waals surface area contributed by atoms with Gasteiger partial charge in [-0.3, -0.25) is 24.6 Å². The number of halogens is 3. The van der Waals surface area contributed by atoms with E-state index in [4.69, 9.17) is 4.74 Å². The van der Waals surface area contributed by atoms with Crippen molar-refractivity contribution in [1.82, 2.24) is 4.90 Å². The van der Waals surface area contributed by atoms with E-state index in [2.05, 4.69) is 6.58 Å². The van der Waals surface area contributed by atoms with Crippen LogP contribution in [0.25, 0.3) is 6.08 Å². The first kappa shape index (κ1) is 22.1. The molecule has 7 nitrogen and oxygen atoms in total. The van der Waals surface area contributed by atoms with E-state index >= 15 is 0 Å². The van der Waals surface area contributed by atoms with Gasteiger partial charge in [0.1, 0.15) is 5.75 Å². The van der Waals surface area contributed by atoms with E-state index in [1.54, 1.807) is 0 Å². The molecule has 2 aromatic carbocycles. The van der Waals surface area contributed by atoms with Crippen LogP contribution in [0.15, 0.2) is 60.0 Å². The summed E-state index contributed by atoms with van der Waals surface area (Å²) < 4.78 is 43.8. The summed E-state index contributed by atoms with van der Waals surface area (Å²) in [6.07, 6.45) is -1.79. The third kappa shape index (κ3) is 4.94. The van der Waals surface area contributed by atoms with Gasteiger partial charge in [0.2, 0.25) is 5.75 Å². The number of hydrogen-bond donors (Lipinski definition) is 0. The van der Waals surface area contributed by atoms with Gasteiger partial charge in [0.15, 0.2) is 0 Å². The number of nitrogens with zero attached hydrogens (tertiary/aromatic N) is 2. The monoisotopic (exact) mass is 450 g/mol. The van der Waals surface area contributed by atoms with Crippen molar-refractivity contribution in [1.29, 1.82) is 0 Å². The average Bonchev–Trinajstić information content (AvgIpc) is 2.96. The summed E-state index contributed by atoms with van der Waals surface area (Å²) in [4.78, 5) is 35.5. The van der Waals surface area contributed by atoms with Gasteiger partial charge in [-0.15, -0.1) is 6.58 Å². The van der Waals surface area contributed by atoms with E-state index in [0.717, 1.165) is 22.7 Å². The van der Waals surface area contributed by atoms with Crippen molar-refractivity contribution in [2.24, 2.45) is 0 Å². The molecular weight excluding hydrogens is 437 g/mol. The average molecular weight is 450 g/mol. The second-order valence-electron chi connectivity index (χ2n) is 6.19. The highest BCUT2D eigenvalue weighted by atomic mass is 32.2. The lowest BCUT2D eigenvalue weighted by Gasteiger charge is -2.10. The number of nitro groups is 1. The molecule has 1 aliphatic heterocycles. The molecule has 1 heterocycles. The van der Waals surface area contributed by atoms with Gasteiger partial charge in [-0.1, -0.05) is 18.2 Å². The number of hydrogen-bond acceptors (Lipinski definition) is 6. The highest BCUT2D eigenvalue weighted by molar-refractivity contribution is 8.18. The van der Waals surface area contributed by atoms with Crippen LogP contribution in [0.5, 0.6) is 11.5 Å². The van der Waals surface area contributed by atoms with Gasteiger partial charge in [-0.05, 0) is 47.7 Å². The Balaban J connectivity index is 1.80. The molecule has 2 amide bonds. The number of thioether (sulfide) groups is 1. The van der Waals surface area contributed by atoms with Crippen molar-refractivity contribution >= 4 is 34.7 Å². The molecule has 1 saturated heterocycles. The van der Waals surface area contributed by atoms with E-state index in [9.17, 15) is 32.9 Å². The predicted molar refractivity (Wildman–Crippen MR) is 107 cm³/mol. The Morgan fingerprint density at radius 3 is 2.42 bits per heavy atom. The fraction of sp³-hybridized carbons (Fsp3) is 0.100. The second-order valence-corrected chi connectivity index (χ2v) is 7.18. The molecule has 0 aliphatic carbocycles. The maximum Gasteiger partial charge on any atom is 0.416 e. The molecule has 1 aliphatic rings. The minimum atomic E-state index is -4.73. The Morgan fingerprint density at radius 2 is 1.84 bits per heavy atom. The van der Waals surface area contributed by atoms with Crippen LogP contribution in [0.2, 0.25) is 0 Å². The topological polar surface area (TPSA) is 89.8 Å². The number of carbonyl (C=O) groups is 2. The molecule has 2 aromatic rings. The summed E-state index contributed by atoms with van der Waals surface area (Å²) in [6.45, 7) is 3.59. The first-order chi connectivity index (χ1) is 14.6. The maximum absolute atomic E-state index is 12.8. The molecule has 160 valence electrons. The SMILES string of the molecule is C=CCN1C(=O)S/C(=C/c2ccc(Oc3ccc(C(F)(F)F)cc3[N+](=O)[O-])cc2)C1=O. The summed E-state index contributed by atoms with van der Waals surface area (Å²) in [6, 6.07) is 7.91. The van der Waals surface area contributed by atoms with Crippen LogP contribution < -0.4 is 4.74 Å². The molecule has 31 heavy (non-hydrogen) atoms. The number of amides is 2. The van der Waals surface area contributed by atoms with E-state index in [1.165, 1.54) is 36.4 Å². The van der Waals surface area contributed by atoms with Crippen molar-refractivity contribution < 1.29 is 32.4 Å². The van der Waals surface area contributed by atoms with E-state index in [1.807, 2.05) is 0 Å². The van der Waals surface area contributed by atoms with Crippen LogP contribution in [0, 0.1) is 10.1 Å². The number of ether oxygens (including phenoxy) is 1. The number of carbonyl (C=O) groups excluding carboxylic acids is 2. The molecule has 0 unspecified atom stereocenters. The molecule has 0 N–H and O–H groups in total. The van der Waals surface area contributed by atoms with Crippen LogP contribution in [0.1, 0.15) is 11.1 Å². The number of rotatable bonds is 6. The van der Waals surface area contributed by atoms with Gasteiger partial charge in [0, 0.05) is 12.6 Å². The predicted octanol–water partition coefficient (Wildman–Crippen LogP) is 5.63. The molecule has 11 heteroatoms. The van der Waals surface area contributed by atoms with E-state index < -0.39 is 33.5 Å². The van der Waals surface area contributed by atoms with E-state index in [-0.39, 0.29) is 22.9 Å². The Hall–Kier alpha value is -3.60. The van der Waals surface area contributed by atoms with Crippen molar-refractivity contribution in [3.63, 3.8) is 0 Å². The van der Waals surface area contributed by atoms with Crippen LogP contribution in [0.4, 0.5) is 23.7 Å². The first-order valence-electron chi connectivity index (χ1n) is 8.60. The maximum atomic E-state index is 12.8. The van der Waals surface area contributed by atoms with Crippen LogP contribution in [-0.4, -0.2) is 27.5 Å². The summed E-state index contributed by atoms with van der Waals surface area (Å²) in [7, 11) is 0. The van der Waals surface area contributed by atoms with Crippen molar-refractivity contribution in [2.75, 3.05) is 6.54 Å². The Bertz CT molecular complexity index is 1100. The van der Waals surface area contributed by atoms with Gasteiger partial charge < -0.3 is 4.74 Å². The number of alkyl halides is 3. The number of nitro benzene ring substituents is 1. The summed E-state index contributed by atoms with van der Waals surface area (Å²) >= 11 is 0.784. The molecule has 3 rings (SSSR count). The lowest BCUT2D eigenvalue weighted by molar-refractivity contribution is -0.385. The molecular formula is C20H13F3N2O5S. The fourth-order valence-electron chi connectivity index (χ4n) is 2.62. The number of benzene rings is 2. The lowest BCUT2D eigenvalue weighted by Crippen LogP contribution is -2.27. The number of imide groups is 1. The molecule has 0 saturated carbocycles. The largest absolute Gasteiger partial charge is 0.450 e. The van der Waals surface area contributed by atoms with Crippen LogP contribution in [0.3, 0.4) is 0 Å². The molecule has 1 fully saturated rings. The van der Waals surface area contributed by atoms with Crippen molar-refractivity contribution in [2.45, 2.75) is 6.18 Å². The molecule has 0 radical (unpaired) electrons. The third-order valence-corrected chi connectivity index (χ3v) is 4.98. The van der Waals surface area contributed by atoms with Gasteiger partial charge in [0.05, 0.1) is 15.4 Å². The van der Waals surface area contributed by atoms with E-state index in [0.29, 0.717) is 17.7 Å². The smallest absolute Gasteiger partial charge is 0.416 e. The standard InChI is InChI=1S/C20H13F3N2O5S/c1-2-9-24-18(26)17(31-19(24)27)10-12-3-6-14(7-4-12)30-16-8-5-13(20(21,22)23)11-15(16)25(28)29/h2-8,10-11H,1,9H2/b17-10+. The highest BCUT2D eigenvalue weighted by Crippen LogP contribution is 2.38. The normalized spacial score (nSPS) is 15.5. The summed E-state index contributed by atoms with van der Waals surface area (Å²) in [5.41, 5.74) is -1.43. The van der Waals surface area contributed by atoms with Crippen LogP contribution in [-0.2, 0) is 11.0 Å². The molecule has 0 atom stereocenters. The highest BCUT2D eigenvalue weighted by Gasteiger charge is 2.34. The van der Waals surface area contributed by atoms with Gasteiger partial charge in [-0.2, -0.15) is 13.2 Å².